The number of hydrogen-bond donors (Lipinski definition) is 0. The van der Waals surface area contributed by atoms with E-state index in [0.717, 1.165) is 57.1 Å². The maximum absolute atomic E-state index is 4.09. The molecule has 0 bridgehead atoms. The van der Waals surface area contributed by atoms with Crippen molar-refractivity contribution in [1.29, 1.82) is 0 Å². The van der Waals surface area contributed by atoms with Gasteiger partial charge in [0.05, 0.1) is 0 Å². The second kappa shape index (κ2) is 19.4. The van der Waals surface area contributed by atoms with E-state index >= 15 is 0 Å². The van der Waals surface area contributed by atoms with Crippen LogP contribution in [0.5, 0.6) is 0 Å². The normalized spacial score (nSPS) is 12.5. The van der Waals surface area contributed by atoms with Crippen LogP contribution in [0.2, 0.25) is 0 Å². The van der Waals surface area contributed by atoms with Crippen molar-refractivity contribution < 1.29 is 0 Å². The second-order valence-electron chi connectivity index (χ2n) is 16.8. The van der Waals surface area contributed by atoms with Crippen molar-refractivity contribution in [1.82, 2.24) is 0 Å². The Bertz CT molecular complexity index is 2280. The molecule has 0 spiro atoms. The Morgan fingerprint density at radius 1 is 0.492 bits per heavy atom. The molecule has 0 radical (unpaired) electrons. The SMILES string of the molecule is C=CCCCC1(CCCC=C)c2cc(C)ccc2-c2ccc(N(c3ccc(CCCC)cc3)c3ccc(-c4ccc(N(C)c5ccc(CCCC)cc5)cc4)cc3)cc21. The van der Waals surface area contributed by atoms with Gasteiger partial charge in [-0.25, -0.2) is 0 Å². The van der Waals surface area contributed by atoms with Crippen molar-refractivity contribution in [3.05, 3.63) is 187 Å². The van der Waals surface area contributed by atoms with E-state index in [-0.39, 0.29) is 5.41 Å². The molecule has 0 atom stereocenters. The summed E-state index contributed by atoms with van der Waals surface area (Å²) in [6.45, 7) is 14.9. The number of hydrogen-bond acceptors (Lipinski definition) is 2. The molecule has 0 aliphatic heterocycles. The fraction of sp³-hybridized carbons (Fsp3) is 0.298. The van der Waals surface area contributed by atoms with Gasteiger partial charge in [0.15, 0.2) is 0 Å². The van der Waals surface area contributed by atoms with Gasteiger partial charge in [0.2, 0.25) is 0 Å². The molecule has 7 rings (SSSR count). The van der Waals surface area contributed by atoms with E-state index in [0.29, 0.717) is 0 Å². The smallest absolute Gasteiger partial charge is 0.0465 e. The molecule has 0 aromatic heterocycles. The molecule has 6 aromatic carbocycles. The van der Waals surface area contributed by atoms with Crippen molar-refractivity contribution in [2.75, 3.05) is 16.8 Å². The third-order valence-corrected chi connectivity index (χ3v) is 12.7. The molecule has 2 nitrogen and oxygen atoms in total. The van der Waals surface area contributed by atoms with Crippen molar-refractivity contribution >= 4 is 28.4 Å². The highest BCUT2D eigenvalue weighted by Crippen LogP contribution is 2.56. The van der Waals surface area contributed by atoms with E-state index in [1.54, 1.807) is 0 Å². The second-order valence-corrected chi connectivity index (χ2v) is 16.8. The fourth-order valence-electron chi connectivity index (χ4n) is 9.23. The molecule has 0 heterocycles. The fourth-order valence-corrected chi connectivity index (χ4v) is 9.23. The van der Waals surface area contributed by atoms with E-state index < -0.39 is 0 Å². The zero-order chi connectivity index (χ0) is 41.2. The highest BCUT2D eigenvalue weighted by Gasteiger charge is 2.42. The Balaban J connectivity index is 1.24. The summed E-state index contributed by atoms with van der Waals surface area (Å²) in [5.74, 6) is 0. The predicted molar refractivity (Wildman–Crippen MR) is 257 cm³/mol. The summed E-state index contributed by atoms with van der Waals surface area (Å²) in [4.78, 5) is 4.73. The van der Waals surface area contributed by atoms with Crippen molar-refractivity contribution in [2.45, 2.75) is 103 Å². The zero-order valence-electron chi connectivity index (χ0n) is 36.2. The third-order valence-electron chi connectivity index (χ3n) is 12.7. The molecule has 59 heavy (non-hydrogen) atoms. The first-order valence-electron chi connectivity index (χ1n) is 22.3. The maximum Gasteiger partial charge on any atom is 0.0465 e. The van der Waals surface area contributed by atoms with Gasteiger partial charge < -0.3 is 9.80 Å². The Kier molecular flexibility index (Phi) is 13.7. The minimum atomic E-state index is -0.0590. The lowest BCUT2D eigenvalue weighted by molar-refractivity contribution is 0.422. The van der Waals surface area contributed by atoms with Crippen LogP contribution in [0.3, 0.4) is 0 Å². The van der Waals surface area contributed by atoms with Crippen molar-refractivity contribution in [3.63, 3.8) is 0 Å². The molecule has 0 saturated heterocycles. The molecule has 1 aliphatic carbocycles. The van der Waals surface area contributed by atoms with Crippen LogP contribution in [0.15, 0.2) is 159 Å². The highest BCUT2D eigenvalue weighted by atomic mass is 15.1. The van der Waals surface area contributed by atoms with E-state index in [9.17, 15) is 0 Å². The van der Waals surface area contributed by atoms with Gasteiger partial charge in [-0.05, 0) is 176 Å². The molecule has 0 saturated carbocycles. The summed E-state index contributed by atoms with van der Waals surface area (Å²) in [6.07, 6.45) is 17.8. The number of aryl methyl sites for hydroxylation is 3. The maximum atomic E-state index is 4.09. The molecular weight excluding hydrogens is 713 g/mol. The summed E-state index contributed by atoms with van der Waals surface area (Å²) < 4.78 is 0. The van der Waals surface area contributed by atoms with Gasteiger partial charge in [-0.3, -0.25) is 0 Å². The minimum Gasteiger partial charge on any atom is -0.345 e. The predicted octanol–water partition coefficient (Wildman–Crippen LogP) is 16.6. The zero-order valence-corrected chi connectivity index (χ0v) is 36.2. The summed E-state index contributed by atoms with van der Waals surface area (Å²) in [5, 5.41) is 0. The standard InChI is InChI=1S/C57H64N2/c1-7-11-15-39-57(40-16-12-8-2)55-41-43(5)19-37-53(55)54-38-36-52(42-56(54)57)59(50-30-22-45(23-31-50)18-14-10-4)51-34-26-47(27-35-51)46-24-32-49(33-25-46)58(6)48-28-20-44(21-29-48)17-13-9-3/h7-8,19-38,41-42H,1-2,9-18,39-40H2,3-6H3. The van der Waals surface area contributed by atoms with Crippen LogP contribution in [0.25, 0.3) is 22.3 Å². The van der Waals surface area contributed by atoms with E-state index in [4.69, 9.17) is 0 Å². The molecule has 0 unspecified atom stereocenters. The Hall–Kier alpha value is -5.60. The number of fused-ring (bicyclic) bond motifs is 3. The molecule has 2 heteroatoms. The molecule has 0 N–H and O–H groups in total. The van der Waals surface area contributed by atoms with Crippen LogP contribution in [0.4, 0.5) is 28.4 Å². The van der Waals surface area contributed by atoms with Crippen LogP contribution >= 0.6 is 0 Å². The average Bonchev–Trinajstić information content (AvgIpc) is 3.53. The highest BCUT2D eigenvalue weighted by molar-refractivity contribution is 5.86. The Morgan fingerprint density at radius 3 is 1.41 bits per heavy atom. The van der Waals surface area contributed by atoms with Gasteiger partial charge in [0, 0.05) is 40.9 Å². The molecular formula is C57H64N2. The minimum absolute atomic E-state index is 0.0590. The van der Waals surface area contributed by atoms with Gasteiger partial charge in [-0.2, -0.15) is 0 Å². The molecule has 0 fully saturated rings. The monoisotopic (exact) mass is 777 g/mol. The molecule has 0 amide bonds. The van der Waals surface area contributed by atoms with E-state index in [1.807, 2.05) is 0 Å². The first-order valence-corrected chi connectivity index (χ1v) is 22.3. The number of unbranched alkanes of at least 4 members (excludes halogenated alkanes) is 4. The lowest BCUT2D eigenvalue weighted by atomic mass is 9.70. The number of rotatable bonds is 20. The Morgan fingerprint density at radius 2 is 0.915 bits per heavy atom. The quantitative estimate of drug-likeness (QED) is 0.0563. The number of anilines is 5. The van der Waals surface area contributed by atoms with Crippen molar-refractivity contribution in [2.24, 2.45) is 0 Å². The Labute approximate surface area is 356 Å². The topological polar surface area (TPSA) is 6.48 Å². The molecule has 1 aliphatic rings. The van der Waals surface area contributed by atoms with Crippen LogP contribution in [-0.2, 0) is 18.3 Å². The largest absolute Gasteiger partial charge is 0.345 e. The van der Waals surface area contributed by atoms with Gasteiger partial charge in [-0.1, -0.05) is 117 Å². The first kappa shape index (κ1) is 41.6. The number of nitrogens with zero attached hydrogens (tertiary/aromatic N) is 2. The average molecular weight is 777 g/mol. The van der Waals surface area contributed by atoms with Crippen LogP contribution in [0, 0.1) is 6.92 Å². The molecule has 302 valence electrons. The van der Waals surface area contributed by atoms with Crippen LogP contribution in [-0.4, -0.2) is 7.05 Å². The van der Waals surface area contributed by atoms with Gasteiger partial charge >= 0.3 is 0 Å². The van der Waals surface area contributed by atoms with Crippen LogP contribution < -0.4 is 9.80 Å². The number of benzene rings is 6. The van der Waals surface area contributed by atoms with Gasteiger partial charge in [0.25, 0.3) is 0 Å². The van der Waals surface area contributed by atoms with E-state index in [1.165, 1.54) is 98.5 Å². The van der Waals surface area contributed by atoms with E-state index in [2.05, 4.69) is 196 Å². The van der Waals surface area contributed by atoms with Gasteiger partial charge in [-0.15, -0.1) is 13.2 Å². The first-order chi connectivity index (χ1) is 28.9. The number of allylic oxidation sites excluding steroid dienone is 2. The molecule has 6 aromatic rings. The van der Waals surface area contributed by atoms with Crippen LogP contribution in [0.1, 0.15) is 106 Å². The summed E-state index contributed by atoms with van der Waals surface area (Å²) >= 11 is 0. The van der Waals surface area contributed by atoms with Crippen molar-refractivity contribution in [3.8, 4) is 22.3 Å². The summed E-state index contributed by atoms with van der Waals surface area (Å²) in [7, 11) is 2.15. The lowest BCUT2D eigenvalue weighted by Gasteiger charge is -2.34. The summed E-state index contributed by atoms with van der Waals surface area (Å²) in [6, 6.07) is 50.9. The lowest BCUT2D eigenvalue weighted by Crippen LogP contribution is -2.26. The third kappa shape index (κ3) is 9.18. The summed E-state index contributed by atoms with van der Waals surface area (Å²) in [5.41, 5.74) is 18.1. The van der Waals surface area contributed by atoms with Gasteiger partial charge in [0.1, 0.15) is 0 Å².